The fourth-order valence-electron chi connectivity index (χ4n) is 2.13. The van der Waals surface area contributed by atoms with Gasteiger partial charge in [-0.15, -0.1) is 0 Å². The van der Waals surface area contributed by atoms with Crippen LogP contribution in [0.5, 0.6) is 0 Å². The van der Waals surface area contributed by atoms with E-state index in [2.05, 4.69) is 20.8 Å². The summed E-state index contributed by atoms with van der Waals surface area (Å²) in [6.45, 7) is 7.90. The van der Waals surface area contributed by atoms with Crippen molar-refractivity contribution in [3.05, 3.63) is 0 Å². The molecule has 1 heterocycles. The Kier molecular flexibility index (Phi) is 3.76. The lowest BCUT2D eigenvalue weighted by molar-refractivity contribution is -0.190. The Hall–Kier alpha value is -0.160. The maximum absolute atomic E-state index is 9.83. The predicted octanol–water partition coefficient (Wildman–Crippen LogP) is 0.116. The molecule has 1 aliphatic heterocycles. The van der Waals surface area contributed by atoms with Crippen LogP contribution in [-0.2, 0) is 4.74 Å². The Labute approximate surface area is 91.4 Å². The van der Waals surface area contributed by atoms with Gasteiger partial charge in [0.05, 0.1) is 18.8 Å². The molecule has 0 saturated carbocycles. The van der Waals surface area contributed by atoms with Gasteiger partial charge in [-0.05, 0) is 5.41 Å². The Morgan fingerprint density at radius 2 is 1.87 bits per heavy atom. The van der Waals surface area contributed by atoms with Crippen molar-refractivity contribution >= 4 is 0 Å². The Balaban J connectivity index is 2.83. The molecule has 0 aromatic rings. The summed E-state index contributed by atoms with van der Waals surface area (Å²) < 4.78 is 5.67. The van der Waals surface area contributed by atoms with E-state index < -0.39 is 12.2 Å². The Morgan fingerprint density at radius 3 is 2.27 bits per heavy atom. The molecular weight excluding hydrogens is 194 g/mol. The first-order valence-electron chi connectivity index (χ1n) is 5.49. The van der Waals surface area contributed by atoms with Gasteiger partial charge in [-0.25, -0.2) is 0 Å². The summed E-state index contributed by atoms with van der Waals surface area (Å²) in [5, 5.41) is 18.9. The van der Waals surface area contributed by atoms with Crippen LogP contribution in [0.2, 0.25) is 0 Å². The fourth-order valence-corrected chi connectivity index (χ4v) is 2.13. The molecule has 1 aliphatic rings. The van der Waals surface area contributed by atoms with Gasteiger partial charge in [-0.3, -0.25) is 0 Å². The van der Waals surface area contributed by atoms with Gasteiger partial charge in [0.1, 0.15) is 6.10 Å². The van der Waals surface area contributed by atoms with Gasteiger partial charge in [-0.2, -0.15) is 0 Å². The van der Waals surface area contributed by atoms with E-state index in [4.69, 9.17) is 15.6 Å². The van der Waals surface area contributed by atoms with Gasteiger partial charge in [0.25, 0.3) is 0 Å². The van der Waals surface area contributed by atoms with Crippen molar-refractivity contribution in [1.29, 1.82) is 0 Å². The van der Waals surface area contributed by atoms with Crippen molar-refractivity contribution in [2.75, 3.05) is 6.61 Å². The molecule has 0 aromatic carbocycles. The number of ether oxygens (including phenoxy) is 1. The summed E-state index contributed by atoms with van der Waals surface area (Å²) in [4.78, 5) is 0. The van der Waals surface area contributed by atoms with E-state index >= 15 is 0 Å². The van der Waals surface area contributed by atoms with Crippen LogP contribution in [-0.4, -0.2) is 41.2 Å². The quantitative estimate of drug-likeness (QED) is 0.583. The molecule has 15 heavy (non-hydrogen) atoms. The topological polar surface area (TPSA) is 75.7 Å². The van der Waals surface area contributed by atoms with E-state index in [1.54, 1.807) is 0 Å². The molecular formula is C11H23NO3. The van der Waals surface area contributed by atoms with Crippen LogP contribution in [0.4, 0.5) is 0 Å². The zero-order valence-corrected chi connectivity index (χ0v) is 9.97. The van der Waals surface area contributed by atoms with E-state index in [-0.39, 0.29) is 30.1 Å². The normalized spacial score (nSPS) is 43.0. The Bertz CT molecular complexity index is 212. The van der Waals surface area contributed by atoms with E-state index in [0.29, 0.717) is 0 Å². The molecule has 0 aliphatic carbocycles. The predicted molar refractivity (Wildman–Crippen MR) is 58.3 cm³/mol. The molecule has 0 aromatic heterocycles. The van der Waals surface area contributed by atoms with Gasteiger partial charge in [-0.1, -0.05) is 27.7 Å². The standard InChI is InChI=1S/C11H23NO3/c1-6-8(12)10(11(2,3)4)15-7(5-13)9(6)14/h6-10,13-14H,5,12H2,1-4H3. The van der Waals surface area contributed by atoms with Gasteiger partial charge in [0.15, 0.2) is 0 Å². The van der Waals surface area contributed by atoms with E-state index in [1.807, 2.05) is 6.92 Å². The maximum Gasteiger partial charge on any atom is 0.107 e. The Morgan fingerprint density at radius 1 is 1.33 bits per heavy atom. The summed E-state index contributed by atoms with van der Waals surface area (Å²) in [5.74, 6) is -0.0554. The third-order valence-electron chi connectivity index (χ3n) is 3.23. The van der Waals surface area contributed by atoms with Crippen molar-refractivity contribution in [3.63, 3.8) is 0 Å². The van der Waals surface area contributed by atoms with Crippen LogP contribution < -0.4 is 5.73 Å². The lowest BCUT2D eigenvalue weighted by Crippen LogP contribution is -2.61. The van der Waals surface area contributed by atoms with Gasteiger partial charge in [0, 0.05) is 12.0 Å². The summed E-state index contributed by atoms with van der Waals surface area (Å²) >= 11 is 0. The summed E-state index contributed by atoms with van der Waals surface area (Å²) in [6, 6.07) is -0.192. The highest BCUT2D eigenvalue weighted by Gasteiger charge is 2.45. The van der Waals surface area contributed by atoms with Crippen LogP contribution in [0.15, 0.2) is 0 Å². The highest BCUT2D eigenvalue weighted by Crippen LogP contribution is 2.34. The summed E-state index contributed by atoms with van der Waals surface area (Å²) in [6.07, 6.45) is -1.32. The monoisotopic (exact) mass is 217 g/mol. The molecule has 1 saturated heterocycles. The second kappa shape index (κ2) is 4.37. The zero-order chi connectivity index (χ0) is 11.8. The molecule has 4 nitrogen and oxygen atoms in total. The molecule has 0 bridgehead atoms. The van der Waals surface area contributed by atoms with Crippen LogP contribution in [0.3, 0.4) is 0 Å². The first-order chi connectivity index (χ1) is 6.79. The third-order valence-corrected chi connectivity index (χ3v) is 3.23. The van der Waals surface area contributed by atoms with Crippen molar-refractivity contribution in [2.45, 2.75) is 52.0 Å². The molecule has 5 atom stereocenters. The lowest BCUT2D eigenvalue weighted by Gasteiger charge is -2.47. The molecule has 0 radical (unpaired) electrons. The first-order valence-corrected chi connectivity index (χ1v) is 5.49. The minimum atomic E-state index is -0.677. The highest BCUT2D eigenvalue weighted by molar-refractivity contribution is 4.96. The second-order valence-electron chi connectivity index (χ2n) is 5.57. The van der Waals surface area contributed by atoms with E-state index in [9.17, 15) is 5.11 Å². The van der Waals surface area contributed by atoms with Gasteiger partial charge < -0.3 is 20.7 Å². The van der Waals surface area contributed by atoms with Crippen molar-refractivity contribution in [2.24, 2.45) is 17.1 Å². The number of hydrogen-bond acceptors (Lipinski definition) is 4. The first kappa shape index (κ1) is 12.9. The zero-order valence-electron chi connectivity index (χ0n) is 9.97. The fraction of sp³-hybridized carbons (Fsp3) is 1.00. The minimum Gasteiger partial charge on any atom is -0.394 e. The molecule has 4 N–H and O–H groups in total. The number of nitrogens with two attached hydrogens (primary N) is 1. The summed E-state index contributed by atoms with van der Waals surface area (Å²) in [7, 11) is 0. The SMILES string of the molecule is CC1C(N)C(C(C)(C)C)OC(CO)C1O. The second-order valence-corrected chi connectivity index (χ2v) is 5.57. The summed E-state index contributed by atoms with van der Waals surface area (Å²) in [5.41, 5.74) is 5.97. The van der Waals surface area contributed by atoms with Crippen molar-refractivity contribution in [1.82, 2.24) is 0 Å². The lowest BCUT2D eigenvalue weighted by atomic mass is 9.76. The molecule has 0 spiro atoms. The van der Waals surface area contributed by atoms with E-state index in [0.717, 1.165) is 0 Å². The van der Waals surface area contributed by atoms with E-state index in [1.165, 1.54) is 0 Å². The molecule has 90 valence electrons. The van der Waals surface area contributed by atoms with Crippen LogP contribution in [0, 0.1) is 11.3 Å². The number of hydrogen-bond donors (Lipinski definition) is 3. The molecule has 4 heteroatoms. The number of aliphatic hydroxyl groups excluding tert-OH is 2. The van der Waals surface area contributed by atoms with Crippen LogP contribution in [0.25, 0.3) is 0 Å². The highest BCUT2D eigenvalue weighted by atomic mass is 16.5. The maximum atomic E-state index is 9.83. The average molecular weight is 217 g/mol. The molecule has 1 fully saturated rings. The smallest absolute Gasteiger partial charge is 0.107 e. The number of rotatable bonds is 1. The van der Waals surface area contributed by atoms with Crippen molar-refractivity contribution in [3.8, 4) is 0 Å². The van der Waals surface area contributed by atoms with Gasteiger partial charge in [0.2, 0.25) is 0 Å². The largest absolute Gasteiger partial charge is 0.394 e. The molecule has 5 unspecified atom stereocenters. The van der Waals surface area contributed by atoms with Crippen LogP contribution in [0.1, 0.15) is 27.7 Å². The van der Waals surface area contributed by atoms with Gasteiger partial charge >= 0.3 is 0 Å². The minimum absolute atomic E-state index is 0.0554. The van der Waals surface area contributed by atoms with Crippen LogP contribution >= 0.6 is 0 Å². The number of aliphatic hydroxyl groups is 2. The molecule has 1 rings (SSSR count). The third kappa shape index (κ3) is 2.50. The molecule has 0 amide bonds. The average Bonchev–Trinajstić information content (AvgIpc) is 2.13. The van der Waals surface area contributed by atoms with Crippen molar-refractivity contribution < 1.29 is 14.9 Å².